The second kappa shape index (κ2) is 22.3. The molecule has 0 aromatic heterocycles. The molecule has 0 aromatic rings. The van der Waals surface area contributed by atoms with Crippen molar-refractivity contribution < 1.29 is 13.0 Å². The van der Waals surface area contributed by atoms with Crippen LogP contribution in [0.4, 0.5) is 0 Å². The van der Waals surface area contributed by atoms with Crippen molar-refractivity contribution >= 4 is 10.1 Å². The lowest BCUT2D eigenvalue weighted by molar-refractivity contribution is 0.143. The Labute approximate surface area is 208 Å². The third-order valence-corrected chi connectivity index (χ3v) is 7.89. The Balaban J connectivity index is 4.18. The maximum absolute atomic E-state index is 11.4. The molecular formula is C28H59NO3S. The summed E-state index contributed by atoms with van der Waals surface area (Å²) in [5.74, 6) is -0.156. The summed E-state index contributed by atoms with van der Waals surface area (Å²) in [6, 6.07) is 0.731. The van der Waals surface area contributed by atoms with Crippen LogP contribution in [0.25, 0.3) is 0 Å². The lowest BCUT2D eigenvalue weighted by Crippen LogP contribution is -2.43. The van der Waals surface area contributed by atoms with Crippen LogP contribution in [-0.4, -0.2) is 42.3 Å². The van der Waals surface area contributed by atoms with Gasteiger partial charge >= 0.3 is 0 Å². The molecule has 2 atom stereocenters. The van der Waals surface area contributed by atoms with E-state index in [2.05, 4.69) is 32.6 Å². The minimum absolute atomic E-state index is 0.156. The van der Waals surface area contributed by atoms with Crippen LogP contribution in [0.1, 0.15) is 156 Å². The van der Waals surface area contributed by atoms with Crippen LogP contribution in [0.15, 0.2) is 0 Å². The molecule has 0 aliphatic heterocycles. The van der Waals surface area contributed by atoms with Crippen molar-refractivity contribution in [2.24, 2.45) is 0 Å². The first-order chi connectivity index (χ1) is 15.8. The predicted octanol–water partition coefficient (Wildman–Crippen LogP) is 8.80. The van der Waals surface area contributed by atoms with Gasteiger partial charge in [-0.25, -0.2) is 0 Å². The molecule has 1 N–H and O–H groups in total. The van der Waals surface area contributed by atoms with E-state index in [9.17, 15) is 13.0 Å². The molecule has 0 bridgehead atoms. The van der Waals surface area contributed by atoms with Gasteiger partial charge in [0.05, 0.1) is 5.75 Å². The Morgan fingerprint density at radius 1 is 0.576 bits per heavy atom. The third-order valence-electron chi connectivity index (χ3n) is 7.19. The highest BCUT2D eigenvalue weighted by Crippen LogP contribution is 2.19. The molecule has 200 valence electrons. The summed E-state index contributed by atoms with van der Waals surface area (Å²) in [7, 11) is -3.91. The molecule has 2 unspecified atom stereocenters. The summed E-state index contributed by atoms with van der Waals surface area (Å²) in [6.45, 7) is 9.44. The maximum atomic E-state index is 11.4. The largest absolute Gasteiger partial charge is 0.297 e. The first-order valence-corrected chi connectivity index (χ1v) is 16.1. The predicted molar refractivity (Wildman–Crippen MR) is 146 cm³/mol. The minimum atomic E-state index is -3.91. The van der Waals surface area contributed by atoms with Crippen LogP contribution < -0.4 is 0 Å². The molecule has 33 heavy (non-hydrogen) atoms. The van der Waals surface area contributed by atoms with Crippen LogP contribution in [0, 0.1) is 0 Å². The zero-order chi connectivity index (χ0) is 24.8. The monoisotopic (exact) mass is 489 g/mol. The van der Waals surface area contributed by atoms with E-state index in [1.54, 1.807) is 0 Å². The molecular weight excluding hydrogens is 430 g/mol. The van der Waals surface area contributed by atoms with Crippen LogP contribution in [0.2, 0.25) is 0 Å². The fourth-order valence-electron chi connectivity index (χ4n) is 4.93. The fourth-order valence-corrected chi connectivity index (χ4v) is 5.37. The Morgan fingerprint density at radius 3 is 1.18 bits per heavy atom. The van der Waals surface area contributed by atoms with Crippen molar-refractivity contribution in [2.75, 3.05) is 12.3 Å². The number of hydrogen-bond donors (Lipinski definition) is 1. The molecule has 0 amide bonds. The topological polar surface area (TPSA) is 57.6 Å². The standard InChI is InChI=1S/C28H59NO3S/c1-5-7-9-11-13-15-17-19-21-23-27(3)29(25-26-33(30,31)32)28(4)24-22-20-18-16-14-12-10-8-6-2/h27-28H,5-26H2,1-4H3,(H,30,31,32). The van der Waals surface area contributed by atoms with Crippen molar-refractivity contribution in [1.29, 1.82) is 0 Å². The average Bonchev–Trinajstić information content (AvgIpc) is 2.76. The Morgan fingerprint density at radius 2 is 0.879 bits per heavy atom. The molecule has 4 nitrogen and oxygen atoms in total. The van der Waals surface area contributed by atoms with E-state index < -0.39 is 10.1 Å². The lowest BCUT2D eigenvalue weighted by Gasteiger charge is -2.34. The molecule has 0 spiro atoms. The molecule has 0 aromatic carbocycles. The van der Waals surface area contributed by atoms with Gasteiger partial charge in [0.25, 0.3) is 10.1 Å². The highest BCUT2D eigenvalue weighted by Gasteiger charge is 2.21. The van der Waals surface area contributed by atoms with Gasteiger partial charge in [0.1, 0.15) is 0 Å². The molecule has 0 fully saturated rings. The van der Waals surface area contributed by atoms with Gasteiger partial charge in [-0.3, -0.25) is 9.45 Å². The van der Waals surface area contributed by atoms with Crippen molar-refractivity contribution in [1.82, 2.24) is 4.90 Å². The second-order valence-electron chi connectivity index (χ2n) is 10.5. The molecule has 0 radical (unpaired) electrons. The summed E-state index contributed by atoms with van der Waals surface area (Å²) in [6.07, 6.45) is 26.1. The minimum Gasteiger partial charge on any atom is -0.297 e. The summed E-state index contributed by atoms with van der Waals surface area (Å²) in [4.78, 5) is 2.34. The van der Waals surface area contributed by atoms with Gasteiger partial charge in [0.15, 0.2) is 0 Å². The Kier molecular flexibility index (Phi) is 22.3. The van der Waals surface area contributed by atoms with Gasteiger partial charge in [-0.15, -0.1) is 0 Å². The quantitative estimate of drug-likeness (QED) is 0.103. The molecule has 0 aliphatic carbocycles. The molecule has 0 saturated heterocycles. The van der Waals surface area contributed by atoms with Gasteiger partial charge < -0.3 is 0 Å². The molecule has 0 saturated carbocycles. The highest BCUT2D eigenvalue weighted by atomic mass is 32.2. The molecule has 0 aliphatic rings. The van der Waals surface area contributed by atoms with E-state index in [0.29, 0.717) is 18.6 Å². The lowest BCUT2D eigenvalue weighted by atomic mass is 10.0. The van der Waals surface area contributed by atoms with E-state index >= 15 is 0 Å². The van der Waals surface area contributed by atoms with E-state index in [0.717, 1.165) is 12.8 Å². The van der Waals surface area contributed by atoms with Gasteiger partial charge in [-0.05, 0) is 26.7 Å². The smallest absolute Gasteiger partial charge is 0.266 e. The van der Waals surface area contributed by atoms with E-state index in [1.807, 2.05) is 0 Å². The highest BCUT2D eigenvalue weighted by molar-refractivity contribution is 7.85. The summed E-state index contributed by atoms with van der Waals surface area (Å²) in [5, 5.41) is 0. The Bertz CT molecular complexity index is 481. The van der Waals surface area contributed by atoms with Crippen molar-refractivity contribution in [3.05, 3.63) is 0 Å². The number of hydrogen-bond acceptors (Lipinski definition) is 3. The summed E-state index contributed by atoms with van der Waals surface area (Å²) in [5.41, 5.74) is 0. The van der Waals surface area contributed by atoms with Crippen LogP contribution in [-0.2, 0) is 10.1 Å². The first-order valence-electron chi connectivity index (χ1n) is 14.5. The third kappa shape index (κ3) is 22.1. The SMILES string of the molecule is CCCCCCCCCCCC(C)N(CCS(=O)(=O)O)C(C)CCCCCCCCCCC. The van der Waals surface area contributed by atoms with Gasteiger partial charge in [0, 0.05) is 18.6 Å². The van der Waals surface area contributed by atoms with Gasteiger partial charge in [0.2, 0.25) is 0 Å². The molecule has 0 rings (SSSR count). The number of nitrogens with zero attached hydrogens (tertiary/aromatic N) is 1. The fraction of sp³-hybridized carbons (Fsp3) is 1.00. The van der Waals surface area contributed by atoms with E-state index in [-0.39, 0.29) is 5.75 Å². The molecule has 5 heteroatoms. The van der Waals surface area contributed by atoms with Gasteiger partial charge in [-0.2, -0.15) is 8.42 Å². The first kappa shape index (κ1) is 32.9. The number of unbranched alkanes of at least 4 members (excludes halogenated alkanes) is 16. The molecule has 0 heterocycles. The summed E-state index contributed by atoms with van der Waals surface area (Å²) >= 11 is 0. The number of rotatable bonds is 25. The van der Waals surface area contributed by atoms with Crippen molar-refractivity contribution in [3.63, 3.8) is 0 Å². The normalized spacial score (nSPS) is 14.1. The summed E-state index contributed by atoms with van der Waals surface area (Å²) < 4.78 is 32.0. The van der Waals surface area contributed by atoms with Crippen molar-refractivity contribution in [3.8, 4) is 0 Å². The van der Waals surface area contributed by atoms with Crippen LogP contribution in [0.3, 0.4) is 0 Å². The van der Waals surface area contributed by atoms with Crippen LogP contribution >= 0.6 is 0 Å². The van der Waals surface area contributed by atoms with Crippen LogP contribution in [0.5, 0.6) is 0 Å². The average molecular weight is 490 g/mol. The second-order valence-corrected chi connectivity index (χ2v) is 12.0. The Hall–Kier alpha value is -0.130. The maximum Gasteiger partial charge on any atom is 0.266 e. The van der Waals surface area contributed by atoms with E-state index in [4.69, 9.17) is 0 Å². The van der Waals surface area contributed by atoms with Crippen molar-refractivity contribution in [2.45, 2.75) is 168 Å². The zero-order valence-electron chi connectivity index (χ0n) is 22.8. The van der Waals surface area contributed by atoms with E-state index in [1.165, 1.54) is 116 Å². The zero-order valence-corrected chi connectivity index (χ0v) is 23.6. The van der Waals surface area contributed by atoms with Gasteiger partial charge in [-0.1, -0.05) is 129 Å².